The van der Waals surface area contributed by atoms with E-state index in [1.807, 2.05) is 57.1 Å². The fourth-order valence-electron chi connectivity index (χ4n) is 2.36. The molecule has 0 aliphatic carbocycles. The zero-order valence-corrected chi connectivity index (χ0v) is 12.8. The highest BCUT2D eigenvalue weighted by molar-refractivity contribution is 5.77. The number of rotatable bonds is 5. The molecular formula is C16H20N2O3. The molecule has 0 aliphatic rings. The van der Waals surface area contributed by atoms with E-state index in [0.29, 0.717) is 12.2 Å². The molecule has 0 radical (unpaired) electrons. The standard InChI is InChI=1S/C16H20N2O3/c1-10-14(11(2)21-17-10)9-15(16(19)20)12-6-5-7-13(8-12)18(3)4/h5-8,15H,9H2,1-4H3,(H,19,20). The monoisotopic (exact) mass is 288 g/mol. The van der Waals surface area contributed by atoms with Crippen LogP contribution in [-0.2, 0) is 11.2 Å². The highest BCUT2D eigenvalue weighted by Crippen LogP contribution is 2.27. The summed E-state index contributed by atoms with van der Waals surface area (Å²) in [5.74, 6) is -0.768. The first-order valence-corrected chi connectivity index (χ1v) is 6.82. The number of hydrogen-bond acceptors (Lipinski definition) is 4. The SMILES string of the molecule is Cc1noc(C)c1CC(C(=O)O)c1cccc(N(C)C)c1. The van der Waals surface area contributed by atoms with Crippen molar-refractivity contribution >= 4 is 11.7 Å². The molecule has 21 heavy (non-hydrogen) atoms. The normalized spacial score (nSPS) is 12.2. The van der Waals surface area contributed by atoms with E-state index in [9.17, 15) is 9.90 Å². The van der Waals surface area contributed by atoms with E-state index >= 15 is 0 Å². The van der Waals surface area contributed by atoms with E-state index in [1.54, 1.807) is 0 Å². The van der Waals surface area contributed by atoms with Crippen molar-refractivity contribution in [1.29, 1.82) is 0 Å². The van der Waals surface area contributed by atoms with Gasteiger partial charge in [0.15, 0.2) is 0 Å². The van der Waals surface area contributed by atoms with Gasteiger partial charge in [-0.1, -0.05) is 17.3 Å². The molecule has 0 fully saturated rings. The van der Waals surface area contributed by atoms with Crippen molar-refractivity contribution in [2.75, 3.05) is 19.0 Å². The Morgan fingerprint density at radius 3 is 2.62 bits per heavy atom. The molecule has 1 atom stereocenters. The van der Waals surface area contributed by atoms with Gasteiger partial charge < -0.3 is 14.5 Å². The van der Waals surface area contributed by atoms with E-state index in [2.05, 4.69) is 5.16 Å². The predicted molar refractivity (Wildman–Crippen MR) is 80.8 cm³/mol. The summed E-state index contributed by atoms with van der Waals surface area (Å²) in [5.41, 5.74) is 3.39. The van der Waals surface area contributed by atoms with Gasteiger partial charge in [-0.3, -0.25) is 4.79 Å². The highest BCUT2D eigenvalue weighted by atomic mass is 16.5. The Balaban J connectivity index is 2.36. The lowest BCUT2D eigenvalue weighted by atomic mass is 9.91. The fourth-order valence-corrected chi connectivity index (χ4v) is 2.36. The van der Waals surface area contributed by atoms with Crippen LogP contribution in [0, 0.1) is 13.8 Å². The van der Waals surface area contributed by atoms with Gasteiger partial charge in [0.2, 0.25) is 0 Å². The summed E-state index contributed by atoms with van der Waals surface area (Å²) in [4.78, 5) is 13.6. The summed E-state index contributed by atoms with van der Waals surface area (Å²) < 4.78 is 5.12. The number of aromatic nitrogens is 1. The number of carboxylic acids is 1. The molecule has 1 unspecified atom stereocenters. The van der Waals surface area contributed by atoms with Crippen LogP contribution in [0.2, 0.25) is 0 Å². The molecular weight excluding hydrogens is 268 g/mol. The third-order valence-electron chi connectivity index (χ3n) is 3.68. The lowest BCUT2D eigenvalue weighted by Crippen LogP contribution is -2.16. The van der Waals surface area contributed by atoms with Gasteiger partial charge in [-0.25, -0.2) is 0 Å². The van der Waals surface area contributed by atoms with Gasteiger partial charge in [0.1, 0.15) is 5.76 Å². The van der Waals surface area contributed by atoms with Crippen molar-refractivity contribution < 1.29 is 14.4 Å². The average Bonchev–Trinajstić information content (AvgIpc) is 2.75. The first-order chi connectivity index (χ1) is 9.90. The topological polar surface area (TPSA) is 66.6 Å². The molecule has 1 N–H and O–H groups in total. The maximum absolute atomic E-state index is 11.7. The van der Waals surface area contributed by atoms with Crippen molar-refractivity contribution in [3.05, 3.63) is 46.8 Å². The molecule has 1 aromatic heterocycles. The van der Waals surface area contributed by atoms with Crippen LogP contribution >= 0.6 is 0 Å². The molecule has 2 aromatic rings. The molecule has 5 nitrogen and oxygen atoms in total. The number of benzene rings is 1. The Hall–Kier alpha value is -2.30. The van der Waals surface area contributed by atoms with Crippen molar-refractivity contribution in [2.24, 2.45) is 0 Å². The number of aliphatic carboxylic acids is 1. The van der Waals surface area contributed by atoms with Gasteiger partial charge in [0.05, 0.1) is 11.6 Å². The van der Waals surface area contributed by atoms with Crippen molar-refractivity contribution in [1.82, 2.24) is 5.16 Å². The van der Waals surface area contributed by atoms with Gasteiger partial charge in [-0.05, 0) is 38.0 Å². The van der Waals surface area contributed by atoms with Crippen LogP contribution in [0.3, 0.4) is 0 Å². The lowest BCUT2D eigenvalue weighted by Gasteiger charge is -2.17. The van der Waals surface area contributed by atoms with Crippen LogP contribution < -0.4 is 4.90 Å². The van der Waals surface area contributed by atoms with E-state index in [0.717, 1.165) is 22.5 Å². The molecule has 0 aliphatic heterocycles. The Labute approximate surface area is 124 Å². The van der Waals surface area contributed by atoms with Crippen LogP contribution in [0.25, 0.3) is 0 Å². The largest absolute Gasteiger partial charge is 0.481 e. The minimum Gasteiger partial charge on any atom is -0.481 e. The number of hydrogen-bond donors (Lipinski definition) is 1. The number of aryl methyl sites for hydroxylation is 2. The summed E-state index contributed by atoms with van der Waals surface area (Å²) >= 11 is 0. The van der Waals surface area contributed by atoms with Crippen LogP contribution in [0.1, 0.15) is 28.5 Å². The van der Waals surface area contributed by atoms with Crippen molar-refractivity contribution in [2.45, 2.75) is 26.2 Å². The number of carbonyl (C=O) groups is 1. The zero-order chi connectivity index (χ0) is 15.6. The minimum atomic E-state index is -0.842. The predicted octanol–water partition coefficient (Wildman–Crippen LogP) is 2.77. The quantitative estimate of drug-likeness (QED) is 0.916. The second kappa shape index (κ2) is 5.99. The Morgan fingerprint density at radius 2 is 2.10 bits per heavy atom. The summed E-state index contributed by atoms with van der Waals surface area (Å²) in [6.07, 6.45) is 0.382. The maximum atomic E-state index is 11.7. The van der Waals surface area contributed by atoms with Gasteiger partial charge in [-0.15, -0.1) is 0 Å². The molecule has 5 heteroatoms. The maximum Gasteiger partial charge on any atom is 0.311 e. The molecule has 0 bridgehead atoms. The summed E-state index contributed by atoms with van der Waals surface area (Å²) in [6.45, 7) is 3.64. The first kappa shape index (κ1) is 15.1. The molecule has 1 aromatic carbocycles. The summed E-state index contributed by atoms with van der Waals surface area (Å²) in [5, 5.41) is 13.5. The summed E-state index contributed by atoms with van der Waals surface area (Å²) in [7, 11) is 3.87. The highest BCUT2D eigenvalue weighted by Gasteiger charge is 2.24. The van der Waals surface area contributed by atoms with Crippen molar-refractivity contribution in [3.63, 3.8) is 0 Å². The van der Waals surface area contributed by atoms with Gasteiger partial charge in [0.25, 0.3) is 0 Å². The van der Waals surface area contributed by atoms with Crippen LogP contribution in [0.15, 0.2) is 28.8 Å². The van der Waals surface area contributed by atoms with E-state index in [-0.39, 0.29) is 0 Å². The van der Waals surface area contributed by atoms with E-state index < -0.39 is 11.9 Å². The van der Waals surface area contributed by atoms with Crippen LogP contribution in [0.5, 0.6) is 0 Å². The molecule has 2 rings (SSSR count). The lowest BCUT2D eigenvalue weighted by molar-refractivity contribution is -0.138. The average molecular weight is 288 g/mol. The fraction of sp³-hybridized carbons (Fsp3) is 0.375. The molecule has 0 saturated carbocycles. The number of anilines is 1. The molecule has 0 amide bonds. The molecule has 0 saturated heterocycles. The first-order valence-electron chi connectivity index (χ1n) is 6.82. The van der Waals surface area contributed by atoms with E-state index in [1.165, 1.54) is 0 Å². The van der Waals surface area contributed by atoms with Gasteiger partial charge in [0, 0.05) is 25.3 Å². The second-order valence-electron chi connectivity index (χ2n) is 5.39. The second-order valence-corrected chi connectivity index (χ2v) is 5.39. The minimum absolute atomic E-state index is 0.382. The van der Waals surface area contributed by atoms with Gasteiger partial charge >= 0.3 is 5.97 Å². The molecule has 1 heterocycles. The smallest absolute Gasteiger partial charge is 0.311 e. The Morgan fingerprint density at radius 1 is 1.38 bits per heavy atom. The third kappa shape index (κ3) is 3.24. The van der Waals surface area contributed by atoms with Crippen LogP contribution in [0.4, 0.5) is 5.69 Å². The number of nitrogens with zero attached hydrogens (tertiary/aromatic N) is 2. The Kier molecular flexibility index (Phi) is 4.31. The zero-order valence-electron chi connectivity index (χ0n) is 12.8. The van der Waals surface area contributed by atoms with Crippen LogP contribution in [-0.4, -0.2) is 30.3 Å². The van der Waals surface area contributed by atoms with E-state index in [4.69, 9.17) is 4.52 Å². The summed E-state index contributed by atoms with van der Waals surface area (Å²) in [6, 6.07) is 7.60. The van der Waals surface area contributed by atoms with Crippen molar-refractivity contribution in [3.8, 4) is 0 Å². The Bertz CT molecular complexity index is 627. The molecule has 112 valence electrons. The third-order valence-corrected chi connectivity index (χ3v) is 3.68. The van der Waals surface area contributed by atoms with Gasteiger partial charge in [-0.2, -0.15) is 0 Å². The molecule has 0 spiro atoms. The number of carboxylic acid groups (broad SMARTS) is 1.